The number of amides is 1. The third-order valence-corrected chi connectivity index (χ3v) is 2.36. The summed E-state index contributed by atoms with van der Waals surface area (Å²) in [6, 6.07) is 8.67. The van der Waals surface area contributed by atoms with Gasteiger partial charge in [-0.3, -0.25) is 9.35 Å². The highest BCUT2D eigenvalue weighted by Gasteiger charge is 2.09. The predicted molar refractivity (Wildman–Crippen MR) is 56.1 cm³/mol. The Hall–Kier alpha value is -1.40. The summed E-state index contributed by atoms with van der Waals surface area (Å²) in [5.74, 6) is -1.01. The Morgan fingerprint density at radius 1 is 1.27 bits per heavy atom. The molecular weight excluding hydrogens is 218 g/mol. The van der Waals surface area contributed by atoms with E-state index in [1.54, 1.807) is 30.3 Å². The van der Waals surface area contributed by atoms with Gasteiger partial charge in [-0.25, -0.2) is 0 Å². The van der Waals surface area contributed by atoms with Crippen molar-refractivity contribution in [2.24, 2.45) is 0 Å². The van der Waals surface area contributed by atoms with Crippen LogP contribution in [0.3, 0.4) is 0 Å². The second-order valence-corrected chi connectivity index (χ2v) is 4.52. The minimum atomic E-state index is -4.07. The molecule has 0 fully saturated rings. The van der Waals surface area contributed by atoms with Crippen LogP contribution in [0.4, 0.5) is 5.69 Å². The first-order valence-electron chi connectivity index (χ1n) is 4.27. The van der Waals surface area contributed by atoms with E-state index >= 15 is 0 Å². The van der Waals surface area contributed by atoms with E-state index in [1.165, 1.54) is 0 Å². The number of nitrogens with one attached hydrogen (secondary N) is 1. The molecule has 82 valence electrons. The number of benzene rings is 1. The molecule has 0 atom stereocenters. The minimum Gasteiger partial charge on any atom is -0.326 e. The van der Waals surface area contributed by atoms with Crippen LogP contribution < -0.4 is 5.32 Å². The number of carbonyl (C=O) groups is 1. The van der Waals surface area contributed by atoms with Gasteiger partial charge in [0, 0.05) is 12.1 Å². The van der Waals surface area contributed by atoms with Crippen LogP contribution in [0.5, 0.6) is 0 Å². The van der Waals surface area contributed by atoms with Gasteiger partial charge < -0.3 is 5.32 Å². The molecule has 2 N–H and O–H groups in total. The van der Waals surface area contributed by atoms with Crippen LogP contribution in [0, 0.1) is 0 Å². The lowest BCUT2D eigenvalue weighted by molar-refractivity contribution is -0.115. The Morgan fingerprint density at radius 3 is 2.40 bits per heavy atom. The quantitative estimate of drug-likeness (QED) is 0.751. The first kappa shape index (κ1) is 11.7. The van der Waals surface area contributed by atoms with E-state index < -0.39 is 21.8 Å². The van der Waals surface area contributed by atoms with E-state index in [0.717, 1.165) is 0 Å². The number of hydrogen-bond acceptors (Lipinski definition) is 3. The molecule has 0 aliphatic rings. The molecule has 0 bridgehead atoms. The highest BCUT2D eigenvalue weighted by molar-refractivity contribution is 7.85. The molecule has 0 saturated heterocycles. The summed E-state index contributed by atoms with van der Waals surface area (Å²) in [6.07, 6.45) is -0.256. The van der Waals surface area contributed by atoms with Crippen molar-refractivity contribution in [1.82, 2.24) is 0 Å². The third kappa shape index (κ3) is 5.14. The maximum Gasteiger partial charge on any atom is 0.265 e. The summed E-state index contributed by atoms with van der Waals surface area (Å²) >= 11 is 0. The average Bonchev–Trinajstić information content (AvgIpc) is 2.15. The average molecular weight is 229 g/mol. The number of rotatable bonds is 4. The lowest BCUT2D eigenvalue weighted by Gasteiger charge is -2.03. The van der Waals surface area contributed by atoms with E-state index in [2.05, 4.69) is 5.32 Å². The van der Waals surface area contributed by atoms with E-state index in [9.17, 15) is 13.2 Å². The third-order valence-electron chi connectivity index (χ3n) is 1.64. The lowest BCUT2D eigenvalue weighted by atomic mass is 10.3. The minimum absolute atomic E-state index is 0.256. The standard InChI is InChI=1S/C9H11NO4S/c11-9(6-7-15(12,13)14)10-8-4-2-1-3-5-8/h1-5H,6-7H2,(H,10,11)(H,12,13,14). The van der Waals surface area contributed by atoms with Crippen LogP contribution in [0.2, 0.25) is 0 Å². The van der Waals surface area contributed by atoms with Gasteiger partial charge >= 0.3 is 0 Å². The molecule has 5 nitrogen and oxygen atoms in total. The summed E-state index contributed by atoms with van der Waals surface area (Å²) in [5.41, 5.74) is 0.595. The van der Waals surface area contributed by atoms with Gasteiger partial charge in [0.25, 0.3) is 10.1 Å². The van der Waals surface area contributed by atoms with Crippen LogP contribution in [-0.4, -0.2) is 24.6 Å². The monoisotopic (exact) mass is 229 g/mol. The Kier molecular flexibility index (Phi) is 3.81. The Morgan fingerprint density at radius 2 is 1.87 bits per heavy atom. The highest BCUT2D eigenvalue weighted by atomic mass is 32.2. The van der Waals surface area contributed by atoms with Crippen LogP contribution >= 0.6 is 0 Å². The topological polar surface area (TPSA) is 83.5 Å². The predicted octanol–water partition coefficient (Wildman–Crippen LogP) is 0.903. The zero-order valence-electron chi connectivity index (χ0n) is 7.88. The van der Waals surface area contributed by atoms with Crippen LogP contribution in [0.25, 0.3) is 0 Å². The molecule has 0 spiro atoms. The van der Waals surface area contributed by atoms with Crippen LogP contribution in [0.1, 0.15) is 6.42 Å². The first-order chi connectivity index (χ1) is 6.97. The van der Waals surface area contributed by atoms with Gasteiger partial charge in [0.05, 0.1) is 5.75 Å². The number of carbonyl (C=O) groups excluding carboxylic acids is 1. The van der Waals surface area contributed by atoms with E-state index in [-0.39, 0.29) is 6.42 Å². The summed E-state index contributed by atoms with van der Waals surface area (Å²) in [6.45, 7) is 0. The smallest absolute Gasteiger partial charge is 0.265 e. The summed E-state index contributed by atoms with van der Waals surface area (Å²) in [5, 5.41) is 2.50. The van der Waals surface area contributed by atoms with Crippen molar-refractivity contribution >= 4 is 21.7 Å². The Balaban J connectivity index is 2.44. The van der Waals surface area contributed by atoms with Gasteiger partial charge in [-0.2, -0.15) is 8.42 Å². The zero-order chi connectivity index (χ0) is 11.3. The van der Waals surface area contributed by atoms with E-state index in [0.29, 0.717) is 5.69 Å². The zero-order valence-corrected chi connectivity index (χ0v) is 8.70. The second-order valence-electron chi connectivity index (χ2n) is 2.95. The Labute approximate surface area is 87.9 Å². The van der Waals surface area contributed by atoms with Gasteiger partial charge in [-0.05, 0) is 12.1 Å². The normalized spacial score (nSPS) is 11.0. The van der Waals surface area contributed by atoms with Gasteiger partial charge in [-0.15, -0.1) is 0 Å². The van der Waals surface area contributed by atoms with Crippen molar-refractivity contribution in [3.8, 4) is 0 Å². The van der Waals surface area contributed by atoms with Crippen molar-refractivity contribution in [1.29, 1.82) is 0 Å². The number of para-hydroxylation sites is 1. The Bertz CT molecular complexity index is 427. The second kappa shape index (κ2) is 4.90. The molecule has 15 heavy (non-hydrogen) atoms. The molecule has 0 aromatic heterocycles. The lowest BCUT2D eigenvalue weighted by Crippen LogP contribution is -2.16. The molecule has 6 heteroatoms. The molecule has 1 aromatic rings. The fraction of sp³-hybridized carbons (Fsp3) is 0.222. The van der Waals surface area contributed by atoms with Crippen molar-refractivity contribution < 1.29 is 17.8 Å². The summed E-state index contributed by atoms with van der Waals surface area (Å²) in [7, 11) is -4.07. The van der Waals surface area contributed by atoms with Crippen molar-refractivity contribution in [2.75, 3.05) is 11.1 Å². The molecule has 1 rings (SSSR count). The maximum absolute atomic E-state index is 11.2. The molecule has 1 aromatic carbocycles. The first-order valence-corrected chi connectivity index (χ1v) is 5.88. The molecule has 1 amide bonds. The molecule has 0 heterocycles. The van der Waals surface area contributed by atoms with Crippen molar-refractivity contribution in [3.63, 3.8) is 0 Å². The molecule has 0 saturated carbocycles. The van der Waals surface area contributed by atoms with Crippen LogP contribution in [-0.2, 0) is 14.9 Å². The largest absolute Gasteiger partial charge is 0.326 e. The fourth-order valence-electron chi connectivity index (χ4n) is 0.967. The number of anilines is 1. The molecular formula is C9H11NO4S. The molecule has 0 aliphatic heterocycles. The van der Waals surface area contributed by atoms with Gasteiger partial charge in [-0.1, -0.05) is 18.2 Å². The fourth-order valence-corrected chi connectivity index (χ4v) is 1.41. The highest BCUT2D eigenvalue weighted by Crippen LogP contribution is 2.05. The van der Waals surface area contributed by atoms with E-state index in [4.69, 9.17) is 4.55 Å². The molecule has 0 radical (unpaired) electrons. The van der Waals surface area contributed by atoms with Crippen LogP contribution in [0.15, 0.2) is 30.3 Å². The molecule has 0 unspecified atom stereocenters. The SMILES string of the molecule is O=C(CCS(=O)(=O)O)Nc1ccccc1. The summed E-state index contributed by atoms with van der Waals surface area (Å²) in [4.78, 5) is 11.2. The van der Waals surface area contributed by atoms with Gasteiger partial charge in [0.15, 0.2) is 0 Å². The molecule has 0 aliphatic carbocycles. The van der Waals surface area contributed by atoms with Crippen molar-refractivity contribution in [2.45, 2.75) is 6.42 Å². The summed E-state index contributed by atoms with van der Waals surface area (Å²) < 4.78 is 29.2. The van der Waals surface area contributed by atoms with Gasteiger partial charge in [0.1, 0.15) is 0 Å². The number of hydrogen-bond donors (Lipinski definition) is 2. The van der Waals surface area contributed by atoms with Crippen molar-refractivity contribution in [3.05, 3.63) is 30.3 Å². The maximum atomic E-state index is 11.2. The van der Waals surface area contributed by atoms with Gasteiger partial charge in [0.2, 0.25) is 5.91 Å². The van der Waals surface area contributed by atoms with E-state index in [1.807, 2.05) is 0 Å².